The van der Waals surface area contributed by atoms with Gasteiger partial charge in [0.05, 0.1) is 12.2 Å². The third-order valence-electron chi connectivity index (χ3n) is 3.48. The molecule has 2 rings (SSSR count). The third kappa shape index (κ3) is 5.15. The van der Waals surface area contributed by atoms with Gasteiger partial charge >= 0.3 is 0 Å². The molecule has 0 aliphatic carbocycles. The van der Waals surface area contributed by atoms with E-state index >= 15 is 0 Å². The highest BCUT2D eigenvalue weighted by atomic mass is 127. The number of imidazole rings is 1. The lowest BCUT2D eigenvalue weighted by molar-refractivity contribution is 0.682. The summed E-state index contributed by atoms with van der Waals surface area (Å²) >= 11 is 0. The fraction of sp³-hybridized carbons (Fsp3) is 0.500. The van der Waals surface area contributed by atoms with Gasteiger partial charge in [-0.25, -0.2) is 4.98 Å². The molecule has 5 nitrogen and oxygen atoms in total. The van der Waals surface area contributed by atoms with Crippen LogP contribution in [0.15, 0.2) is 29.4 Å². The Morgan fingerprint density at radius 2 is 2.09 bits per heavy atom. The molecule has 0 aliphatic heterocycles. The summed E-state index contributed by atoms with van der Waals surface area (Å²) in [6.45, 7) is 5.92. The number of hydrogen-bond acceptors (Lipinski definition) is 2. The Kier molecular flexibility index (Phi) is 8.22. The molecule has 0 aliphatic rings. The first-order valence-corrected chi connectivity index (χ1v) is 7.62. The molecule has 2 aromatic rings. The maximum atomic E-state index is 4.61. The van der Waals surface area contributed by atoms with Gasteiger partial charge in [0.2, 0.25) is 0 Å². The van der Waals surface area contributed by atoms with Crippen molar-refractivity contribution in [1.29, 1.82) is 0 Å². The van der Waals surface area contributed by atoms with Crippen LogP contribution in [0, 0.1) is 6.92 Å². The van der Waals surface area contributed by atoms with E-state index in [9.17, 15) is 0 Å². The molecule has 0 amide bonds. The average Bonchev–Trinajstić information content (AvgIpc) is 2.91. The lowest BCUT2D eigenvalue weighted by atomic mass is 10.2. The summed E-state index contributed by atoms with van der Waals surface area (Å²) in [6, 6.07) is 6.14. The molecule has 6 heteroatoms. The molecule has 2 N–H and O–H groups in total. The molecule has 0 bridgehead atoms. The number of aromatic nitrogens is 2. The SMILES string of the molecule is CCCCCNC(=NC)NCc1cn2c(C)cccc2n1.I. The molecule has 0 unspecified atom stereocenters. The molecule has 122 valence electrons. The summed E-state index contributed by atoms with van der Waals surface area (Å²) in [5.41, 5.74) is 3.19. The van der Waals surface area contributed by atoms with E-state index in [2.05, 4.69) is 51.1 Å². The van der Waals surface area contributed by atoms with E-state index in [0.29, 0.717) is 6.54 Å². The maximum Gasteiger partial charge on any atom is 0.191 e. The Balaban J connectivity index is 0.00000242. The zero-order valence-electron chi connectivity index (χ0n) is 13.6. The van der Waals surface area contributed by atoms with Crippen LogP contribution in [0.3, 0.4) is 0 Å². The Morgan fingerprint density at radius 1 is 1.27 bits per heavy atom. The first-order valence-electron chi connectivity index (χ1n) is 7.62. The Morgan fingerprint density at radius 3 is 2.77 bits per heavy atom. The van der Waals surface area contributed by atoms with Crippen molar-refractivity contribution in [2.75, 3.05) is 13.6 Å². The Bertz CT molecular complexity index is 606. The van der Waals surface area contributed by atoms with Crippen molar-refractivity contribution in [3.8, 4) is 0 Å². The van der Waals surface area contributed by atoms with Gasteiger partial charge in [0.1, 0.15) is 5.65 Å². The molecule has 0 radical (unpaired) electrons. The lowest BCUT2D eigenvalue weighted by Gasteiger charge is -2.10. The number of aliphatic imine (C=N–C) groups is 1. The topological polar surface area (TPSA) is 53.7 Å². The number of hydrogen-bond donors (Lipinski definition) is 2. The summed E-state index contributed by atoms with van der Waals surface area (Å²) in [5.74, 6) is 0.833. The van der Waals surface area contributed by atoms with Crippen molar-refractivity contribution >= 4 is 35.6 Å². The third-order valence-corrected chi connectivity index (χ3v) is 3.48. The monoisotopic (exact) mass is 415 g/mol. The van der Waals surface area contributed by atoms with Crippen LogP contribution in [0.4, 0.5) is 0 Å². The van der Waals surface area contributed by atoms with Crippen molar-refractivity contribution in [2.24, 2.45) is 4.99 Å². The van der Waals surface area contributed by atoms with E-state index in [1.807, 2.05) is 12.1 Å². The van der Waals surface area contributed by atoms with E-state index in [0.717, 1.165) is 23.8 Å². The molecule has 0 aromatic carbocycles. The van der Waals surface area contributed by atoms with Gasteiger partial charge in [-0.15, -0.1) is 24.0 Å². The highest BCUT2D eigenvalue weighted by Crippen LogP contribution is 2.08. The summed E-state index contributed by atoms with van der Waals surface area (Å²) in [7, 11) is 1.79. The quantitative estimate of drug-likeness (QED) is 0.330. The maximum absolute atomic E-state index is 4.61. The van der Waals surface area contributed by atoms with Gasteiger partial charge < -0.3 is 15.0 Å². The van der Waals surface area contributed by atoms with Gasteiger partial charge in [0.15, 0.2) is 5.96 Å². The van der Waals surface area contributed by atoms with Gasteiger partial charge in [0.25, 0.3) is 0 Å². The van der Waals surface area contributed by atoms with E-state index < -0.39 is 0 Å². The number of halogens is 1. The number of nitrogens with one attached hydrogen (secondary N) is 2. The van der Waals surface area contributed by atoms with E-state index in [4.69, 9.17) is 0 Å². The molecule has 2 aromatic heterocycles. The Hall–Kier alpha value is -1.31. The van der Waals surface area contributed by atoms with Crippen molar-refractivity contribution in [2.45, 2.75) is 39.7 Å². The van der Waals surface area contributed by atoms with Crippen LogP contribution in [0.5, 0.6) is 0 Å². The highest BCUT2D eigenvalue weighted by Gasteiger charge is 2.04. The minimum absolute atomic E-state index is 0. The molecule has 0 saturated carbocycles. The van der Waals surface area contributed by atoms with Crippen LogP contribution in [-0.4, -0.2) is 28.9 Å². The zero-order valence-corrected chi connectivity index (χ0v) is 15.9. The van der Waals surface area contributed by atoms with Crippen molar-refractivity contribution < 1.29 is 0 Å². The number of fused-ring (bicyclic) bond motifs is 1. The molecule has 2 heterocycles. The average molecular weight is 415 g/mol. The van der Waals surface area contributed by atoms with Gasteiger partial charge in [0, 0.05) is 25.5 Å². The van der Waals surface area contributed by atoms with Gasteiger partial charge in [-0.05, 0) is 25.5 Å². The van der Waals surface area contributed by atoms with Crippen LogP contribution in [0.1, 0.15) is 37.6 Å². The van der Waals surface area contributed by atoms with E-state index in [1.54, 1.807) is 7.05 Å². The summed E-state index contributed by atoms with van der Waals surface area (Å²) < 4.78 is 2.11. The van der Waals surface area contributed by atoms with Crippen LogP contribution in [0.2, 0.25) is 0 Å². The number of nitrogens with zero attached hydrogens (tertiary/aromatic N) is 3. The summed E-state index contributed by atoms with van der Waals surface area (Å²) in [6.07, 6.45) is 5.72. The highest BCUT2D eigenvalue weighted by molar-refractivity contribution is 14.0. The lowest BCUT2D eigenvalue weighted by Crippen LogP contribution is -2.37. The Labute approximate surface area is 149 Å². The molecular weight excluding hydrogens is 389 g/mol. The minimum Gasteiger partial charge on any atom is -0.356 e. The second-order valence-corrected chi connectivity index (χ2v) is 5.19. The van der Waals surface area contributed by atoms with Crippen LogP contribution < -0.4 is 10.6 Å². The zero-order chi connectivity index (χ0) is 15.1. The van der Waals surface area contributed by atoms with Crippen LogP contribution in [0.25, 0.3) is 5.65 Å². The number of pyridine rings is 1. The first kappa shape index (κ1) is 18.7. The molecule has 0 saturated heterocycles. The standard InChI is InChI=1S/C16H25N5.HI/c1-4-5-6-10-18-16(17-3)19-11-14-12-21-13(2)8-7-9-15(21)20-14;/h7-9,12H,4-6,10-11H2,1-3H3,(H2,17,18,19);1H. The van der Waals surface area contributed by atoms with E-state index in [1.165, 1.54) is 25.0 Å². The number of rotatable bonds is 6. The van der Waals surface area contributed by atoms with Crippen molar-refractivity contribution in [3.63, 3.8) is 0 Å². The van der Waals surface area contributed by atoms with Gasteiger partial charge in [-0.1, -0.05) is 25.8 Å². The molecule has 0 atom stereocenters. The second kappa shape index (κ2) is 9.66. The second-order valence-electron chi connectivity index (χ2n) is 5.19. The predicted molar refractivity (Wildman–Crippen MR) is 103 cm³/mol. The fourth-order valence-corrected chi connectivity index (χ4v) is 2.26. The number of unbranched alkanes of at least 4 members (excludes halogenated alkanes) is 2. The largest absolute Gasteiger partial charge is 0.356 e. The molecular formula is C16H26IN5. The van der Waals surface area contributed by atoms with Crippen LogP contribution in [-0.2, 0) is 6.54 Å². The van der Waals surface area contributed by atoms with E-state index in [-0.39, 0.29) is 24.0 Å². The predicted octanol–water partition coefficient (Wildman–Crippen LogP) is 3.12. The summed E-state index contributed by atoms with van der Waals surface area (Å²) in [5, 5.41) is 6.63. The molecule has 0 spiro atoms. The number of guanidine groups is 1. The van der Waals surface area contributed by atoms with Gasteiger partial charge in [-0.3, -0.25) is 4.99 Å². The van der Waals surface area contributed by atoms with Crippen LogP contribution >= 0.6 is 24.0 Å². The normalized spacial score (nSPS) is 11.3. The minimum atomic E-state index is 0. The van der Waals surface area contributed by atoms with Crippen molar-refractivity contribution in [1.82, 2.24) is 20.0 Å². The first-order chi connectivity index (χ1) is 10.2. The fourth-order valence-electron chi connectivity index (χ4n) is 2.26. The smallest absolute Gasteiger partial charge is 0.191 e. The summed E-state index contributed by atoms with van der Waals surface area (Å²) in [4.78, 5) is 8.84. The molecule has 0 fully saturated rings. The number of aryl methyl sites for hydroxylation is 1. The van der Waals surface area contributed by atoms with Crippen molar-refractivity contribution in [3.05, 3.63) is 35.8 Å². The van der Waals surface area contributed by atoms with Gasteiger partial charge in [-0.2, -0.15) is 0 Å². The molecule has 22 heavy (non-hydrogen) atoms.